The normalized spacial score (nSPS) is 11.9. The molecule has 0 aliphatic rings. The SMILES string of the molecule is COCCN(C)CCCNC(=O)c1cnc2ccccc2c1C(F)(F)F. The molecule has 1 heterocycles. The van der Waals surface area contributed by atoms with Gasteiger partial charge < -0.3 is 15.0 Å². The third-order valence-electron chi connectivity index (χ3n) is 3.98. The summed E-state index contributed by atoms with van der Waals surface area (Å²) in [5, 5.41) is 2.47. The van der Waals surface area contributed by atoms with Crippen LogP contribution < -0.4 is 5.32 Å². The number of halogens is 3. The molecule has 8 heteroatoms. The molecule has 142 valence electrons. The molecule has 0 spiro atoms. The third kappa shape index (κ3) is 5.15. The standard InChI is InChI=1S/C18H22F3N3O2/c1-24(10-11-26-2)9-5-8-22-17(25)14-12-23-15-7-4-3-6-13(15)16(14)18(19,20)21/h3-4,6-7,12H,5,8-11H2,1-2H3,(H,22,25). The van der Waals surface area contributed by atoms with Crippen LogP contribution in [0.1, 0.15) is 22.3 Å². The van der Waals surface area contributed by atoms with Gasteiger partial charge in [0.1, 0.15) is 0 Å². The molecule has 0 saturated heterocycles. The van der Waals surface area contributed by atoms with Crippen LogP contribution >= 0.6 is 0 Å². The molecular weight excluding hydrogens is 347 g/mol. The summed E-state index contributed by atoms with van der Waals surface area (Å²) in [7, 11) is 3.53. The van der Waals surface area contributed by atoms with Gasteiger partial charge in [0, 0.05) is 31.8 Å². The lowest BCUT2D eigenvalue weighted by atomic mass is 10.0. The van der Waals surface area contributed by atoms with Crippen molar-refractivity contribution in [2.24, 2.45) is 0 Å². The van der Waals surface area contributed by atoms with Gasteiger partial charge in [-0.3, -0.25) is 9.78 Å². The van der Waals surface area contributed by atoms with E-state index in [-0.39, 0.29) is 17.4 Å². The van der Waals surface area contributed by atoms with Crippen LogP contribution in [0.15, 0.2) is 30.5 Å². The van der Waals surface area contributed by atoms with Crippen LogP contribution in [-0.2, 0) is 10.9 Å². The number of nitrogens with zero attached hydrogens (tertiary/aromatic N) is 2. The number of pyridine rings is 1. The van der Waals surface area contributed by atoms with Gasteiger partial charge in [0.2, 0.25) is 0 Å². The van der Waals surface area contributed by atoms with E-state index < -0.39 is 23.2 Å². The molecule has 0 aliphatic carbocycles. The van der Waals surface area contributed by atoms with Crippen LogP contribution in [0.2, 0.25) is 0 Å². The maximum Gasteiger partial charge on any atom is 0.417 e. The molecule has 26 heavy (non-hydrogen) atoms. The smallest absolute Gasteiger partial charge is 0.383 e. The van der Waals surface area contributed by atoms with Crippen molar-refractivity contribution < 1.29 is 22.7 Å². The largest absolute Gasteiger partial charge is 0.417 e. The van der Waals surface area contributed by atoms with Gasteiger partial charge in [0.15, 0.2) is 0 Å². The monoisotopic (exact) mass is 369 g/mol. The minimum atomic E-state index is -4.64. The maximum absolute atomic E-state index is 13.5. The molecule has 1 N–H and O–H groups in total. The van der Waals surface area contributed by atoms with Crippen molar-refractivity contribution in [2.45, 2.75) is 12.6 Å². The van der Waals surface area contributed by atoms with Crippen LogP contribution in [0.4, 0.5) is 13.2 Å². The summed E-state index contributed by atoms with van der Waals surface area (Å²) in [6.07, 6.45) is -3.03. The van der Waals surface area contributed by atoms with Crippen molar-refractivity contribution >= 4 is 16.8 Å². The van der Waals surface area contributed by atoms with Gasteiger partial charge in [-0.05, 0) is 26.1 Å². The topological polar surface area (TPSA) is 54.5 Å². The molecule has 0 aliphatic heterocycles. The van der Waals surface area contributed by atoms with Crippen molar-refractivity contribution in [2.75, 3.05) is 40.4 Å². The Morgan fingerprint density at radius 2 is 2.00 bits per heavy atom. The second kappa shape index (κ2) is 8.95. The van der Waals surface area contributed by atoms with E-state index >= 15 is 0 Å². The minimum absolute atomic E-state index is 0.0769. The van der Waals surface area contributed by atoms with E-state index in [4.69, 9.17) is 4.74 Å². The minimum Gasteiger partial charge on any atom is -0.383 e. The molecular formula is C18H22F3N3O2. The first-order chi connectivity index (χ1) is 12.3. The molecule has 0 atom stereocenters. The lowest BCUT2D eigenvalue weighted by Gasteiger charge is -2.17. The van der Waals surface area contributed by atoms with Gasteiger partial charge in [0.05, 0.1) is 23.3 Å². The molecule has 0 fully saturated rings. The first-order valence-electron chi connectivity index (χ1n) is 8.25. The molecule has 0 radical (unpaired) electrons. The lowest BCUT2D eigenvalue weighted by molar-refractivity contribution is -0.136. The fraction of sp³-hybridized carbons (Fsp3) is 0.444. The summed E-state index contributed by atoms with van der Waals surface area (Å²) in [5.41, 5.74) is -1.20. The number of ether oxygens (including phenoxy) is 1. The van der Waals surface area contributed by atoms with Crippen molar-refractivity contribution in [3.05, 3.63) is 41.6 Å². The number of rotatable bonds is 8. The predicted octanol–water partition coefficient (Wildman–Crippen LogP) is 2.95. The van der Waals surface area contributed by atoms with Crippen LogP contribution in [-0.4, -0.2) is 56.2 Å². The summed E-state index contributed by atoms with van der Waals surface area (Å²) in [5.74, 6) is -0.768. The third-order valence-corrected chi connectivity index (χ3v) is 3.98. The average Bonchev–Trinajstić information content (AvgIpc) is 2.61. The Morgan fingerprint density at radius 1 is 1.27 bits per heavy atom. The van der Waals surface area contributed by atoms with Crippen LogP contribution in [0.3, 0.4) is 0 Å². The lowest BCUT2D eigenvalue weighted by Crippen LogP contribution is -2.31. The summed E-state index contributed by atoms with van der Waals surface area (Å²) in [6, 6.07) is 5.92. The van der Waals surface area contributed by atoms with E-state index in [9.17, 15) is 18.0 Å². The zero-order valence-electron chi connectivity index (χ0n) is 14.8. The number of alkyl halides is 3. The first kappa shape index (κ1) is 20.1. The number of likely N-dealkylation sites (N-methyl/N-ethyl adjacent to an activating group) is 1. The number of carbonyl (C=O) groups excluding carboxylic acids is 1. The van der Waals surface area contributed by atoms with E-state index in [0.717, 1.165) is 12.7 Å². The number of benzene rings is 1. The Balaban J connectivity index is 2.08. The Kier molecular flexibility index (Phi) is 6.93. The van der Waals surface area contributed by atoms with E-state index in [0.29, 0.717) is 19.6 Å². The molecule has 1 amide bonds. The molecule has 2 aromatic rings. The number of para-hydroxylation sites is 1. The number of carbonyl (C=O) groups is 1. The average molecular weight is 369 g/mol. The van der Waals surface area contributed by atoms with Gasteiger partial charge in [0.25, 0.3) is 5.91 Å². The molecule has 0 unspecified atom stereocenters. The summed E-state index contributed by atoms with van der Waals surface area (Å²) in [6.45, 7) is 2.32. The van der Waals surface area contributed by atoms with Crippen molar-refractivity contribution in [1.29, 1.82) is 0 Å². The van der Waals surface area contributed by atoms with Gasteiger partial charge in [-0.25, -0.2) is 0 Å². The molecule has 1 aromatic carbocycles. The van der Waals surface area contributed by atoms with Crippen molar-refractivity contribution in [3.8, 4) is 0 Å². The van der Waals surface area contributed by atoms with Gasteiger partial charge in [-0.2, -0.15) is 13.2 Å². The zero-order chi connectivity index (χ0) is 19.2. The summed E-state index contributed by atoms with van der Waals surface area (Å²) < 4.78 is 45.5. The number of amides is 1. The van der Waals surface area contributed by atoms with Gasteiger partial charge in [-0.15, -0.1) is 0 Å². The Morgan fingerprint density at radius 3 is 2.69 bits per heavy atom. The number of nitrogens with one attached hydrogen (secondary N) is 1. The first-order valence-corrected chi connectivity index (χ1v) is 8.25. The second-order valence-electron chi connectivity index (χ2n) is 5.97. The fourth-order valence-corrected chi connectivity index (χ4v) is 2.62. The Bertz CT molecular complexity index is 750. The quantitative estimate of drug-likeness (QED) is 0.727. The number of hydrogen-bond acceptors (Lipinski definition) is 4. The van der Waals surface area contributed by atoms with E-state index in [1.165, 1.54) is 18.2 Å². The van der Waals surface area contributed by atoms with Crippen molar-refractivity contribution in [1.82, 2.24) is 15.2 Å². The fourth-order valence-electron chi connectivity index (χ4n) is 2.62. The molecule has 0 bridgehead atoms. The molecule has 2 rings (SSSR count). The molecule has 1 aromatic heterocycles. The predicted molar refractivity (Wildman–Crippen MR) is 93.1 cm³/mol. The van der Waals surface area contributed by atoms with E-state index in [1.54, 1.807) is 13.2 Å². The highest BCUT2D eigenvalue weighted by atomic mass is 19.4. The van der Waals surface area contributed by atoms with E-state index in [1.807, 2.05) is 11.9 Å². The molecule has 0 saturated carbocycles. The highest BCUT2D eigenvalue weighted by Crippen LogP contribution is 2.36. The second-order valence-corrected chi connectivity index (χ2v) is 5.97. The molecule has 5 nitrogen and oxygen atoms in total. The van der Waals surface area contributed by atoms with E-state index in [2.05, 4.69) is 10.3 Å². The summed E-state index contributed by atoms with van der Waals surface area (Å²) >= 11 is 0. The van der Waals surface area contributed by atoms with Crippen LogP contribution in [0.5, 0.6) is 0 Å². The maximum atomic E-state index is 13.5. The Hall–Kier alpha value is -2.19. The zero-order valence-corrected chi connectivity index (χ0v) is 14.8. The summed E-state index contributed by atoms with van der Waals surface area (Å²) in [4.78, 5) is 18.3. The number of aromatic nitrogens is 1. The van der Waals surface area contributed by atoms with Crippen LogP contribution in [0, 0.1) is 0 Å². The van der Waals surface area contributed by atoms with Gasteiger partial charge >= 0.3 is 6.18 Å². The van der Waals surface area contributed by atoms with Crippen LogP contribution in [0.25, 0.3) is 10.9 Å². The highest BCUT2D eigenvalue weighted by molar-refractivity contribution is 6.00. The Labute approximate surface area is 150 Å². The van der Waals surface area contributed by atoms with Crippen molar-refractivity contribution in [3.63, 3.8) is 0 Å². The highest BCUT2D eigenvalue weighted by Gasteiger charge is 2.37. The number of fused-ring (bicyclic) bond motifs is 1. The number of methoxy groups -OCH3 is 1. The van der Waals surface area contributed by atoms with Gasteiger partial charge in [-0.1, -0.05) is 18.2 Å². The number of hydrogen-bond donors (Lipinski definition) is 1.